The van der Waals surface area contributed by atoms with E-state index in [1.807, 2.05) is 0 Å². The molecular formula is C14H17BrClNO2. The summed E-state index contributed by atoms with van der Waals surface area (Å²) in [5, 5.41) is 9.67. The zero-order valence-corrected chi connectivity index (χ0v) is 13.1. The van der Waals surface area contributed by atoms with Gasteiger partial charge in [-0.2, -0.15) is 0 Å². The van der Waals surface area contributed by atoms with Crippen LogP contribution in [0, 0.1) is 0 Å². The van der Waals surface area contributed by atoms with Gasteiger partial charge in [-0.3, -0.25) is 4.79 Å². The molecule has 3 nitrogen and oxygen atoms in total. The molecule has 2 rings (SSSR count). The summed E-state index contributed by atoms with van der Waals surface area (Å²) < 4.78 is 0.583. The lowest BCUT2D eigenvalue weighted by Crippen LogP contribution is -2.44. The average molecular weight is 347 g/mol. The first-order valence-corrected chi connectivity index (χ1v) is 7.63. The molecule has 1 fully saturated rings. The van der Waals surface area contributed by atoms with Crippen molar-refractivity contribution in [2.75, 3.05) is 7.05 Å². The minimum atomic E-state index is -0.0969. The van der Waals surface area contributed by atoms with Crippen molar-refractivity contribution < 1.29 is 9.90 Å². The van der Waals surface area contributed by atoms with Gasteiger partial charge in [-0.1, -0.05) is 12.8 Å². The smallest absolute Gasteiger partial charge is 0.254 e. The van der Waals surface area contributed by atoms with Gasteiger partial charge in [-0.25, -0.2) is 0 Å². The minimum absolute atomic E-state index is 0.0201. The number of benzene rings is 1. The first kappa shape index (κ1) is 14.7. The molecule has 1 aromatic carbocycles. The highest BCUT2D eigenvalue weighted by Gasteiger charge is 2.29. The Kier molecular flexibility index (Phi) is 4.74. The number of hydrogen-bond acceptors (Lipinski definition) is 2. The van der Waals surface area contributed by atoms with Crippen molar-refractivity contribution in [3.8, 4) is 5.75 Å². The molecule has 1 N–H and O–H groups in total. The summed E-state index contributed by atoms with van der Waals surface area (Å²) in [4.78, 5) is 14.1. The molecule has 2 unspecified atom stereocenters. The number of carbonyl (C=O) groups is 1. The molecule has 1 saturated carbocycles. The Morgan fingerprint density at radius 2 is 2.11 bits per heavy atom. The highest BCUT2D eigenvalue weighted by atomic mass is 79.9. The van der Waals surface area contributed by atoms with Crippen molar-refractivity contribution in [1.82, 2.24) is 4.90 Å². The number of rotatable bonds is 2. The van der Waals surface area contributed by atoms with Crippen LogP contribution >= 0.6 is 27.5 Å². The first-order valence-electron chi connectivity index (χ1n) is 6.40. The second-order valence-corrected chi connectivity index (χ2v) is 6.36. The number of aromatic hydroxyl groups is 1. The number of carbonyl (C=O) groups excluding carboxylic acids is 1. The second kappa shape index (κ2) is 6.14. The maximum absolute atomic E-state index is 12.4. The van der Waals surface area contributed by atoms with Gasteiger partial charge in [-0.15, -0.1) is 11.6 Å². The molecule has 104 valence electrons. The van der Waals surface area contributed by atoms with Crippen LogP contribution in [0.25, 0.3) is 0 Å². The zero-order chi connectivity index (χ0) is 14.0. The molecule has 0 radical (unpaired) electrons. The third-order valence-corrected chi connectivity index (χ3v) is 4.84. The van der Waals surface area contributed by atoms with Crippen LogP contribution in [0.3, 0.4) is 0 Å². The van der Waals surface area contributed by atoms with Crippen LogP contribution in [0.15, 0.2) is 22.7 Å². The summed E-state index contributed by atoms with van der Waals surface area (Å²) in [6, 6.07) is 4.94. The number of hydrogen-bond donors (Lipinski definition) is 1. The van der Waals surface area contributed by atoms with Crippen LogP contribution in [0.1, 0.15) is 36.0 Å². The molecule has 19 heavy (non-hydrogen) atoms. The maximum atomic E-state index is 12.4. The van der Waals surface area contributed by atoms with Crippen molar-refractivity contribution in [2.45, 2.75) is 37.1 Å². The van der Waals surface area contributed by atoms with E-state index in [9.17, 15) is 9.90 Å². The molecular weight excluding hydrogens is 330 g/mol. The Bertz CT molecular complexity index is 481. The number of phenolic OH excluding ortho intramolecular Hbond substituents is 1. The summed E-state index contributed by atoms with van der Waals surface area (Å²) in [7, 11) is 1.78. The fourth-order valence-electron chi connectivity index (χ4n) is 2.50. The quantitative estimate of drug-likeness (QED) is 0.828. The summed E-state index contributed by atoms with van der Waals surface area (Å²) in [5.41, 5.74) is 0.484. The van der Waals surface area contributed by atoms with E-state index in [2.05, 4.69) is 15.9 Å². The van der Waals surface area contributed by atoms with Crippen molar-refractivity contribution in [3.05, 3.63) is 28.2 Å². The van der Waals surface area contributed by atoms with Crippen LogP contribution in [0.2, 0.25) is 0 Å². The van der Waals surface area contributed by atoms with E-state index >= 15 is 0 Å². The van der Waals surface area contributed by atoms with E-state index in [-0.39, 0.29) is 23.1 Å². The van der Waals surface area contributed by atoms with E-state index < -0.39 is 0 Å². The van der Waals surface area contributed by atoms with Crippen LogP contribution in [0.5, 0.6) is 5.75 Å². The Labute approximate surface area is 126 Å². The monoisotopic (exact) mass is 345 g/mol. The molecule has 0 aromatic heterocycles. The predicted octanol–water partition coefficient (Wildman–Crippen LogP) is 3.78. The second-order valence-electron chi connectivity index (χ2n) is 4.95. The minimum Gasteiger partial charge on any atom is -0.507 e. The van der Waals surface area contributed by atoms with E-state index in [1.54, 1.807) is 24.1 Å². The van der Waals surface area contributed by atoms with E-state index in [1.165, 1.54) is 6.07 Å². The Morgan fingerprint density at radius 3 is 2.74 bits per heavy atom. The number of amides is 1. The van der Waals surface area contributed by atoms with Gasteiger partial charge in [0.1, 0.15) is 5.75 Å². The third-order valence-electron chi connectivity index (χ3n) is 3.66. The van der Waals surface area contributed by atoms with E-state index in [4.69, 9.17) is 11.6 Å². The standard InChI is InChI=1S/C14H17BrClNO2/c1-17(12-5-3-2-4-11(12)16)14(19)9-6-7-10(15)13(18)8-9/h6-8,11-12,18H,2-5H2,1H3. The number of halogens is 2. The molecule has 1 aliphatic carbocycles. The average Bonchev–Trinajstić information content (AvgIpc) is 2.41. The van der Waals surface area contributed by atoms with E-state index in [0.717, 1.165) is 25.7 Å². The molecule has 0 aliphatic heterocycles. The van der Waals surface area contributed by atoms with Gasteiger partial charge < -0.3 is 10.0 Å². The fraction of sp³-hybridized carbons (Fsp3) is 0.500. The summed E-state index contributed by atoms with van der Waals surface area (Å²) in [6.45, 7) is 0. The maximum Gasteiger partial charge on any atom is 0.254 e. The lowest BCUT2D eigenvalue weighted by molar-refractivity contribution is 0.0700. The first-order chi connectivity index (χ1) is 9.00. The molecule has 2 atom stereocenters. The number of nitrogens with zero attached hydrogens (tertiary/aromatic N) is 1. The van der Waals surface area contributed by atoms with Gasteiger partial charge in [-0.05, 0) is 47.0 Å². The van der Waals surface area contributed by atoms with Crippen molar-refractivity contribution in [2.24, 2.45) is 0 Å². The topological polar surface area (TPSA) is 40.5 Å². The number of phenols is 1. The van der Waals surface area contributed by atoms with Crippen LogP contribution in [-0.2, 0) is 0 Å². The molecule has 0 saturated heterocycles. The summed E-state index contributed by atoms with van der Waals surface area (Å²) in [5.74, 6) is -0.0225. The zero-order valence-electron chi connectivity index (χ0n) is 10.8. The van der Waals surface area contributed by atoms with Crippen molar-refractivity contribution >= 4 is 33.4 Å². The highest BCUT2D eigenvalue weighted by molar-refractivity contribution is 9.10. The van der Waals surface area contributed by atoms with Gasteiger partial charge >= 0.3 is 0 Å². The van der Waals surface area contributed by atoms with Gasteiger partial charge in [0.05, 0.1) is 9.85 Å². The lowest BCUT2D eigenvalue weighted by Gasteiger charge is -2.35. The van der Waals surface area contributed by atoms with E-state index in [0.29, 0.717) is 10.0 Å². The third kappa shape index (κ3) is 3.23. The fourth-order valence-corrected chi connectivity index (χ4v) is 3.20. The molecule has 0 bridgehead atoms. The molecule has 1 amide bonds. The predicted molar refractivity (Wildman–Crippen MR) is 79.8 cm³/mol. The highest BCUT2D eigenvalue weighted by Crippen LogP contribution is 2.29. The lowest BCUT2D eigenvalue weighted by atomic mass is 9.93. The summed E-state index contributed by atoms with van der Waals surface area (Å²) in [6.07, 6.45) is 4.14. The van der Waals surface area contributed by atoms with Crippen molar-refractivity contribution in [1.29, 1.82) is 0 Å². The number of alkyl halides is 1. The van der Waals surface area contributed by atoms with Gasteiger partial charge in [0.2, 0.25) is 0 Å². The largest absolute Gasteiger partial charge is 0.507 e. The Hall–Kier alpha value is -0.740. The van der Waals surface area contributed by atoms with Crippen LogP contribution in [-0.4, -0.2) is 34.4 Å². The summed E-state index contributed by atoms with van der Waals surface area (Å²) >= 11 is 9.52. The normalized spacial score (nSPS) is 23.1. The van der Waals surface area contributed by atoms with Gasteiger partial charge in [0.25, 0.3) is 5.91 Å². The SMILES string of the molecule is CN(C(=O)c1ccc(Br)c(O)c1)C1CCCCC1Cl. The van der Waals surface area contributed by atoms with Gasteiger partial charge in [0.15, 0.2) is 0 Å². The molecule has 5 heteroatoms. The van der Waals surface area contributed by atoms with Crippen molar-refractivity contribution in [3.63, 3.8) is 0 Å². The Balaban J connectivity index is 2.15. The van der Waals surface area contributed by atoms with Crippen LogP contribution < -0.4 is 0 Å². The molecule has 1 aromatic rings. The molecule has 0 heterocycles. The molecule has 1 aliphatic rings. The van der Waals surface area contributed by atoms with Crippen LogP contribution in [0.4, 0.5) is 0 Å². The van der Waals surface area contributed by atoms with Gasteiger partial charge in [0, 0.05) is 18.7 Å². The Morgan fingerprint density at radius 1 is 1.42 bits per heavy atom. The molecule has 0 spiro atoms.